The van der Waals surface area contributed by atoms with E-state index in [1.807, 2.05) is 27.7 Å². The van der Waals surface area contributed by atoms with Crippen LogP contribution in [-0.2, 0) is 28.4 Å². The Kier molecular flexibility index (Phi) is 35.0. The zero-order chi connectivity index (χ0) is 13.8. The van der Waals surface area contributed by atoms with Gasteiger partial charge in [-0.15, -0.1) is 0 Å². The number of ether oxygens (including phenoxy) is 6. The summed E-state index contributed by atoms with van der Waals surface area (Å²) < 4.78 is 31.3. The van der Waals surface area contributed by atoms with Crippen molar-refractivity contribution in [2.45, 2.75) is 83.2 Å². The van der Waals surface area contributed by atoms with Gasteiger partial charge in [0.2, 0.25) is 0 Å². The fourth-order valence-corrected chi connectivity index (χ4v) is 1.08. The SMILES string of the molecule is C.C.C.C.CCOC(C)OCOC(C)OCOC(C)OCC. The predicted molar refractivity (Wildman–Crippen MR) is 92.6 cm³/mol. The minimum Gasteiger partial charge on any atom is -0.353 e. The zero-order valence-electron chi connectivity index (χ0n) is 12.0. The highest BCUT2D eigenvalue weighted by molar-refractivity contribution is 4.31. The van der Waals surface area contributed by atoms with Crippen LogP contribution in [0.15, 0.2) is 0 Å². The summed E-state index contributed by atoms with van der Waals surface area (Å²) in [5, 5.41) is 0. The predicted octanol–water partition coefficient (Wildman–Crippen LogP) is 4.62. The summed E-state index contributed by atoms with van der Waals surface area (Å²) in [6.07, 6.45) is -0.972. The molecule has 0 aromatic heterocycles. The van der Waals surface area contributed by atoms with E-state index in [1.54, 1.807) is 6.92 Å². The molecule has 22 heavy (non-hydrogen) atoms. The Balaban J connectivity index is -0.000000241. The minimum atomic E-state index is -0.410. The average Bonchev–Trinajstić information content (AvgIpc) is 2.29. The molecule has 142 valence electrons. The van der Waals surface area contributed by atoms with E-state index in [1.165, 1.54) is 0 Å². The molecule has 0 aliphatic carbocycles. The lowest BCUT2D eigenvalue weighted by Crippen LogP contribution is -2.22. The maximum atomic E-state index is 5.26. The first-order valence-electron chi connectivity index (χ1n) is 6.29. The van der Waals surface area contributed by atoms with Crippen molar-refractivity contribution in [2.75, 3.05) is 26.8 Å². The van der Waals surface area contributed by atoms with Crippen LogP contribution in [0.5, 0.6) is 0 Å². The van der Waals surface area contributed by atoms with Crippen molar-refractivity contribution in [3.05, 3.63) is 0 Å². The average molecular weight is 331 g/mol. The lowest BCUT2D eigenvalue weighted by atomic mass is 10.7. The summed E-state index contributed by atoms with van der Waals surface area (Å²) in [5.41, 5.74) is 0. The fraction of sp³-hybridized carbons (Fsp3) is 1.00. The van der Waals surface area contributed by atoms with Crippen molar-refractivity contribution in [3.8, 4) is 0 Å². The molecule has 0 fully saturated rings. The van der Waals surface area contributed by atoms with Gasteiger partial charge < -0.3 is 28.4 Å². The van der Waals surface area contributed by atoms with E-state index in [0.29, 0.717) is 13.2 Å². The normalized spacial score (nSPS) is 13.5. The van der Waals surface area contributed by atoms with Gasteiger partial charge in [0.1, 0.15) is 0 Å². The standard InChI is InChI=1S/C12H26O6.4CH4/c1-6-13-10(3)15-8-17-12(5)18-9-16-11(4)14-7-2;;;;/h10-12H,6-9H2,1-5H3;4*1H4. The number of rotatable bonds is 12. The van der Waals surface area contributed by atoms with Crippen molar-refractivity contribution < 1.29 is 28.4 Å². The van der Waals surface area contributed by atoms with E-state index in [-0.39, 0.29) is 55.9 Å². The Morgan fingerprint density at radius 3 is 0.955 bits per heavy atom. The Labute approximate surface area is 139 Å². The smallest absolute Gasteiger partial charge is 0.160 e. The molecule has 2 atom stereocenters. The highest BCUT2D eigenvalue weighted by Gasteiger charge is 2.06. The van der Waals surface area contributed by atoms with Crippen LogP contribution in [0.1, 0.15) is 64.3 Å². The number of hydrogen-bond donors (Lipinski definition) is 0. The van der Waals surface area contributed by atoms with Gasteiger partial charge in [0.15, 0.2) is 32.5 Å². The summed E-state index contributed by atoms with van der Waals surface area (Å²) in [4.78, 5) is 0. The van der Waals surface area contributed by atoms with Gasteiger partial charge in [0.05, 0.1) is 0 Å². The first-order chi connectivity index (χ1) is 8.60. The molecule has 2 unspecified atom stereocenters. The molecule has 0 saturated heterocycles. The molecule has 0 N–H and O–H groups in total. The molecular weight excluding hydrogens is 288 g/mol. The molecule has 0 aliphatic rings. The zero-order valence-corrected chi connectivity index (χ0v) is 12.0. The Morgan fingerprint density at radius 1 is 0.500 bits per heavy atom. The van der Waals surface area contributed by atoms with E-state index in [4.69, 9.17) is 28.4 Å². The van der Waals surface area contributed by atoms with Gasteiger partial charge in [-0.25, -0.2) is 0 Å². The maximum Gasteiger partial charge on any atom is 0.160 e. The molecule has 0 aliphatic heterocycles. The summed E-state index contributed by atoms with van der Waals surface area (Å²) in [7, 11) is 0. The monoisotopic (exact) mass is 330 g/mol. The molecule has 0 amide bonds. The van der Waals surface area contributed by atoms with E-state index < -0.39 is 6.29 Å². The number of hydrogen-bond acceptors (Lipinski definition) is 6. The van der Waals surface area contributed by atoms with Gasteiger partial charge in [0, 0.05) is 13.2 Å². The molecular formula is C16H42O6. The summed E-state index contributed by atoms with van der Waals surface area (Å²) in [5.74, 6) is 0. The van der Waals surface area contributed by atoms with Crippen LogP contribution in [0.2, 0.25) is 0 Å². The molecule has 6 nitrogen and oxygen atoms in total. The summed E-state index contributed by atoms with van der Waals surface area (Å²) in [6, 6.07) is 0. The minimum absolute atomic E-state index is 0. The van der Waals surface area contributed by atoms with Crippen LogP contribution in [0.4, 0.5) is 0 Å². The van der Waals surface area contributed by atoms with E-state index in [0.717, 1.165) is 0 Å². The molecule has 0 rings (SSSR count). The van der Waals surface area contributed by atoms with Crippen LogP contribution in [0, 0.1) is 0 Å². The van der Waals surface area contributed by atoms with Crippen LogP contribution < -0.4 is 0 Å². The second-order valence-electron chi connectivity index (χ2n) is 3.52. The maximum absolute atomic E-state index is 5.26. The van der Waals surface area contributed by atoms with E-state index in [2.05, 4.69) is 0 Å². The van der Waals surface area contributed by atoms with Crippen molar-refractivity contribution in [2.24, 2.45) is 0 Å². The quantitative estimate of drug-likeness (QED) is 0.487. The molecule has 0 spiro atoms. The molecule has 0 heterocycles. The van der Waals surface area contributed by atoms with Gasteiger partial charge in [0.25, 0.3) is 0 Å². The summed E-state index contributed by atoms with van der Waals surface area (Å²) >= 11 is 0. The second-order valence-corrected chi connectivity index (χ2v) is 3.52. The van der Waals surface area contributed by atoms with Gasteiger partial charge in [-0.1, -0.05) is 29.7 Å². The lowest BCUT2D eigenvalue weighted by Gasteiger charge is -2.18. The van der Waals surface area contributed by atoms with Gasteiger partial charge in [-0.2, -0.15) is 0 Å². The van der Waals surface area contributed by atoms with E-state index in [9.17, 15) is 0 Å². The van der Waals surface area contributed by atoms with E-state index >= 15 is 0 Å². The van der Waals surface area contributed by atoms with Crippen LogP contribution in [0.3, 0.4) is 0 Å². The van der Waals surface area contributed by atoms with Crippen molar-refractivity contribution in [3.63, 3.8) is 0 Å². The third-order valence-corrected chi connectivity index (χ3v) is 2.01. The van der Waals surface area contributed by atoms with Crippen molar-refractivity contribution in [1.29, 1.82) is 0 Å². The van der Waals surface area contributed by atoms with Crippen LogP contribution in [-0.4, -0.2) is 45.7 Å². The largest absolute Gasteiger partial charge is 0.353 e. The summed E-state index contributed by atoms with van der Waals surface area (Å²) in [6.45, 7) is 10.6. The molecule has 0 saturated carbocycles. The highest BCUT2D eigenvalue weighted by Crippen LogP contribution is 2.00. The second kappa shape index (κ2) is 23.0. The molecule has 0 aromatic rings. The fourth-order valence-electron chi connectivity index (χ4n) is 1.08. The van der Waals surface area contributed by atoms with Gasteiger partial charge in [-0.05, 0) is 34.6 Å². The molecule has 0 radical (unpaired) electrons. The first kappa shape index (κ1) is 33.4. The van der Waals surface area contributed by atoms with Crippen LogP contribution in [0.25, 0.3) is 0 Å². The third kappa shape index (κ3) is 22.0. The lowest BCUT2D eigenvalue weighted by molar-refractivity contribution is -0.269. The topological polar surface area (TPSA) is 55.4 Å². The van der Waals surface area contributed by atoms with Gasteiger partial charge in [-0.3, -0.25) is 0 Å². The molecule has 0 aromatic carbocycles. The molecule has 6 heteroatoms. The first-order valence-corrected chi connectivity index (χ1v) is 6.29. The van der Waals surface area contributed by atoms with Crippen molar-refractivity contribution >= 4 is 0 Å². The molecule has 0 bridgehead atoms. The Hall–Kier alpha value is -0.240. The van der Waals surface area contributed by atoms with Gasteiger partial charge >= 0.3 is 0 Å². The Morgan fingerprint density at radius 2 is 0.727 bits per heavy atom. The highest BCUT2D eigenvalue weighted by atomic mass is 16.8. The Bertz CT molecular complexity index is 162. The van der Waals surface area contributed by atoms with Crippen LogP contribution >= 0.6 is 0 Å². The van der Waals surface area contributed by atoms with Crippen molar-refractivity contribution in [1.82, 2.24) is 0 Å². The third-order valence-electron chi connectivity index (χ3n) is 2.01.